The number of aryl methyl sites for hydroxylation is 1. The minimum Gasteiger partial charge on any atom is -0.352 e. The highest BCUT2D eigenvalue weighted by Gasteiger charge is 2.16. The molecule has 0 bridgehead atoms. The maximum atomic E-state index is 13.6. The van der Waals surface area contributed by atoms with E-state index in [1.165, 1.54) is 18.2 Å². The summed E-state index contributed by atoms with van der Waals surface area (Å²) in [7, 11) is 0. The summed E-state index contributed by atoms with van der Waals surface area (Å²) >= 11 is 0. The lowest BCUT2D eigenvalue weighted by molar-refractivity contribution is -0.120. The molecule has 4 aromatic carbocycles. The van der Waals surface area contributed by atoms with E-state index in [4.69, 9.17) is 0 Å². The van der Waals surface area contributed by atoms with E-state index in [9.17, 15) is 18.8 Å². The van der Waals surface area contributed by atoms with Crippen LogP contribution in [0.2, 0.25) is 0 Å². The number of rotatable bonds is 9. The van der Waals surface area contributed by atoms with Gasteiger partial charge in [-0.3, -0.25) is 14.4 Å². The van der Waals surface area contributed by atoms with Crippen LogP contribution in [0.4, 0.5) is 10.1 Å². The molecule has 0 saturated heterocycles. The van der Waals surface area contributed by atoms with Crippen LogP contribution in [0, 0.1) is 12.7 Å². The summed E-state index contributed by atoms with van der Waals surface area (Å²) < 4.78 is 13.6. The van der Waals surface area contributed by atoms with Gasteiger partial charge in [-0.25, -0.2) is 4.39 Å². The summed E-state index contributed by atoms with van der Waals surface area (Å²) in [5.41, 5.74) is 3.89. The van der Waals surface area contributed by atoms with Crippen LogP contribution >= 0.6 is 0 Å². The van der Waals surface area contributed by atoms with E-state index in [-0.39, 0.29) is 18.0 Å². The van der Waals surface area contributed by atoms with E-state index in [0.717, 1.165) is 11.1 Å². The highest BCUT2D eigenvalue weighted by molar-refractivity contribution is 6.10. The van der Waals surface area contributed by atoms with Crippen molar-refractivity contribution < 1.29 is 18.8 Å². The predicted molar refractivity (Wildman–Crippen MR) is 150 cm³/mol. The normalized spacial score (nSPS) is 11.0. The molecule has 3 amide bonds. The van der Waals surface area contributed by atoms with Crippen LogP contribution in [0.5, 0.6) is 0 Å². The van der Waals surface area contributed by atoms with Crippen LogP contribution in [-0.2, 0) is 22.6 Å². The first-order chi connectivity index (χ1) is 18.9. The van der Waals surface area contributed by atoms with Crippen molar-refractivity contribution in [2.75, 3.05) is 5.32 Å². The molecule has 0 fully saturated rings. The molecule has 39 heavy (non-hydrogen) atoms. The Balaban J connectivity index is 1.44. The number of hydrogen-bond donors (Lipinski definition) is 3. The fourth-order valence-electron chi connectivity index (χ4n) is 3.85. The number of nitrogens with one attached hydrogen (secondary N) is 3. The largest absolute Gasteiger partial charge is 0.352 e. The van der Waals surface area contributed by atoms with E-state index >= 15 is 0 Å². The zero-order chi connectivity index (χ0) is 27.6. The number of carbonyl (C=O) groups is 3. The summed E-state index contributed by atoms with van der Waals surface area (Å²) in [5.74, 6) is -1.50. The third kappa shape index (κ3) is 7.97. The van der Waals surface area contributed by atoms with Gasteiger partial charge in [0.15, 0.2) is 0 Å². The third-order valence-corrected chi connectivity index (χ3v) is 5.97. The van der Waals surface area contributed by atoms with Crippen molar-refractivity contribution in [2.45, 2.75) is 19.9 Å². The first-order valence-electron chi connectivity index (χ1n) is 12.4. The summed E-state index contributed by atoms with van der Waals surface area (Å²) in [6.45, 7) is 2.17. The molecule has 0 atom stereocenters. The highest BCUT2D eigenvalue weighted by Crippen LogP contribution is 2.16. The molecule has 0 aliphatic heterocycles. The van der Waals surface area contributed by atoms with Gasteiger partial charge < -0.3 is 16.0 Å². The first kappa shape index (κ1) is 27.0. The van der Waals surface area contributed by atoms with Crippen LogP contribution in [0.25, 0.3) is 6.08 Å². The zero-order valence-corrected chi connectivity index (χ0v) is 21.4. The van der Waals surface area contributed by atoms with Gasteiger partial charge >= 0.3 is 0 Å². The lowest BCUT2D eigenvalue weighted by Gasteiger charge is -2.13. The minimum atomic E-state index is -0.545. The van der Waals surface area contributed by atoms with Crippen LogP contribution in [0.15, 0.2) is 109 Å². The summed E-state index contributed by atoms with van der Waals surface area (Å²) in [6, 6.07) is 29.3. The molecular weight excluding hydrogens is 493 g/mol. The van der Waals surface area contributed by atoms with E-state index in [2.05, 4.69) is 16.0 Å². The number of halogens is 1. The smallest absolute Gasteiger partial charge is 0.272 e. The summed E-state index contributed by atoms with van der Waals surface area (Å²) in [4.78, 5) is 38.3. The predicted octanol–water partition coefficient (Wildman–Crippen LogP) is 5.40. The number of hydrogen-bond acceptors (Lipinski definition) is 3. The van der Waals surface area contributed by atoms with Gasteiger partial charge in [-0.1, -0.05) is 66.7 Å². The van der Waals surface area contributed by atoms with Crippen molar-refractivity contribution in [1.82, 2.24) is 10.6 Å². The second-order valence-corrected chi connectivity index (χ2v) is 8.97. The summed E-state index contributed by atoms with van der Waals surface area (Å²) in [6.07, 6.45) is 1.71. The number of carbonyl (C=O) groups excluding carboxylic acids is 3. The Bertz CT molecular complexity index is 1480. The van der Waals surface area contributed by atoms with Crippen LogP contribution < -0.4 is 16.0 Å². The van der Waals surface area contributed by atoms with Crippen molar-refractivity contribution in [3.63, 3.8) is 0 Å². The van der Waals surface area contributed by atoms with Gasteiger partial charge in [0.2, 0.25) is 5.91 Å². The lowest BCUT2D eigenvalue weighted by Crippen LogP contribution is -2.30. The van der Waals surface area contributed by atoms with Gasteiger partial charge in [0.1, 0.15) is 11.5 Å². The Morgan fingerprint density at radius 3 is 2.13 bits per heavy atom. The molecule has 0 radical (unpaired) electrons. The average Bonchev–Trinajstić information content (AvgIpc) is 2.95. The molecule has 4 rings (SSSR count). The first-order valence-corrected chi connectivity index (χ1v) is 12.4. The van der Waals surface area contributed by atoms with Crippen molar-refractivity contribution >= 4 is 29.5 Å². The topological polar surface area (TPSA) is 87.3 Å². The van der Waals surface area contributed by atoms with Crippen molar-refractivity contribution in [2.24, 2.45) is 0 Å². The molecule has 196 valence electrons. The number of benzene rings is 4. The molecule has 0 saturated carbocycles. The summed E-state index contributed by atoms with van der Waals surface area (Å²) in [5, 5.41) is 8.34. The van der Waals surface area contributed by atoms with E-state index < -0.39 is 17.6 Å². The van der Waals surface area contributed by atoms with Crippen LogP contribution in [-0.4, -0.2) is 17.7 Å². The molecular formula is C32H28FN3O3. The van der Waals surface area contributed by atoms with E-state index in [0.29, 0.717) is 28.9 Å². The van der Waals surface area contributed by atoms with Gasteiger partial charge in [0, 0.05) is 17.8 Å². The molecule has 0 heterocycles. The number of amides is 3. The van der Waals surface area contributed by atoms with Crippen molar-refractivity contribution in [3.05, 3.63) is 142 Å². The van der Waals surface area contributed by atoms with Gasteiger partial charge in [0.05, 0.1) is 6.42 Å². The third-order valence-electron chi connectivity index (χ3n) is 5.97. The second kappa shape index (κ2) is 13.0. The van der Waals surface area contributed by atoms with Crippen LogP contribution in [0.3, 0.4) is 0 Å². The molecule has 4 aromatic rings. The Morgan fingerprint density at radius 2 is 1.46 bits per heavy atom. The van der Waals surface area contributed by atoms with Gasteiger partial charge in [-0.2, -0.15) is 0 Å². The second-order valence-electron chi connectivity index (χ2n) is 8.97. The average molecular weight is 522 g/mol. The monoisotopic (exact) mass is 521 g/mol. The maximum Gasteiger partial charge on any atom is 0.272 e. The molecule has 0 aliphatic carbocycles. The fraction of sp³-hybridized carbons (Fsp3) is 0.0938. The van der Waals surface area contributed by atoms with Gasteiger partial charge in [-0.15, -0.1) is 0 Å². The maximum absolute atomic E-state index is 13.6. The molecule has 7 heteroatoms. The molecule has 6 nitrogen and oxygen atoms in total. The zero-order valence-electron chi connectivity index (χ0n) is 21.4. The van der Waals surface area contributed by atoms with Crippen LogP contribution in [0.1, 0.15) is 32.6 Å². The SMILES string of the molecule is Cc1cc(F)ccc1/C=C(\NC(=O)c1ccccc1)C(=O)Nc1ccc(CC(=O)NCc2ccccc2)cc1. The quantitative estimate of drug-likeness (QED) is 0.258. The van der Waals surface area contributed by atoms with E-state index in [1.54, 1.807) is 67.6 Å². The highest BCUT2D eigenvalue weighted by atomic mass is 19.1. The van der Waals surface area contributed by atoms with Gasteiger partial charge in [0.25, 0.3) is 11.8 Å². The Hall–Kier alpha value is -5.04. The van der Waals surface area contributed by atoms with Gasteiger partial charge in [-0.05, 0) is 71.7 Å². The standard InChI is InChI=1S/C32H28FN3O3/c1-22-18-27(33)15-14-26(22)20-29(36-31(38)25-10-6-3-7-11-25)32(39)35-28-16-12-23(13-17-28)19-30(37)34-21-24-8-4-2-5-9-24/h2-18,20H,19,21H2,1H3,(H,34,37)(H,35,39)(H,36,38)/b29-20-. The molecule has 0 aromatic heterocycles. The van der Waals surface area contributed by atoms with E-state index in [1.807, 2.05) is 30.3 Å². The molecule has 0 aliphatic rings. The Morgan fingerprint density at radius 1 is 0.795 bits per heavy atom. The lowest BCUT2D eigenvalue weighted by atomic mass is 10.1. The Labute approximate surface area is 226 Å². The van der Waals surface area contributed by atoms with Crippen molar-refractivity contribution in [1.29, 1.82) is 0 Å². The molecule has 3 N–H and O–H groups in total. The molecule has 0 spiro atoms. The molecule has 0 unspecified atom stereocenters. The van der Waals surface area contributed by atoms with Crippen molar-refractivity contribution in [3.8, 4) is 0 Å². The Kier molecular flexibility index (Phi) is 8.98. The fourth-order valence-corrected chi connectivity index (χ4v) is 3.85. The minimum absolute atomic E-state index is 0.00271. The number of anilines is 1.